The van der Waals surface area contributed by atoms with Crippen LogP contribution in [0.3, 0.4) is 0 Å². The van der Waals surface area contributed by atoms with Crippen molar-refractivity contribution in [1.29, 1.82) is 0 Å². The topological polar surface area (TPSA) is 114 Å². The second-order valence-corrected chi connectivity index (χ2v) is 6.57. The van der Waals surface area contributed by atoms with Gasteiger partial charge in [-0.15, -0.1) is 0 Å². The molecule has 27 heavy (non-hydrogen) atoms. The van der Waals surface area contributed by atoms with Crippen LogP contribution in [-0.4, -0.2) is 31.5 Å². The average Bonchev–Trinajstić information content (AvgIpc) is 3.03. The van der Waals surface area contributed by atoms with E-state index in [0.29, 0.717) is 28.5 Å². The largest absolute Gasteiger partial charge is 0.504 e. The number of nitrogens with zero attached hydrogens (tertiary/aromatic N) is 3. The van der Waals surface area contributed by atoms with Crippen molar-refractivity contribution >= 4 is 11.6 Å². The number of methoxy groups -OCH3 is 1. The molecule has 0 spiro atoms. The number of aryl methyl sites for hydroxylation is 1. The molecule has 1 atom stereocenters. The molecule has 2 aromatic heterocycles. The fourth-order valence-electron chi connectivity index (χ4n) is 3.64. The molecule has 0 saturated heterocycles. The predicted molar refractivity (Wildman–Crippen MR) is 99.1 cm³/mol. The smallest absolute Gasteiger partial charge is 0.332 e. The number of hydrogen-bond acceptors (Lipinski definition) is 6. The lowest BCUT2D eigenvalue weighted by molar-refractivity contribution is 0.373. The Morgan fingerprint density at radius 3 is 2.59 bits per heavy atom. The van der Waals surface area contributed by atoms with E-state index in [1.54, 1.807) is 25.2 Å². The number of anilines is 2. The highest BCUT2D eigenvalue weighted by Gasteiger charge is 2.35. The average molecular weight is 369 g/mol. The molecule has 9 nitrogen and oxygen atoms in total. The fourth-order valence-corrected chi connectivity index (χ4v) is 3.64. The molecule has 0 aliphatic carbocycles. The zero-order chi connectivity index (χ0) is 19.5. The van der Waals surface area contributed by atoms with E-state index in [9.17, 15) is 14.7 Å². The third-order valence-electron chi connectivity index (χ3n) is 5.04. The van der Waals surface area contributed by atoms with E-state index in [1.165, 1.54) is 18.7 Å². The van der Waals surface area contributed by atoms with Crippen molar-refractivity contribution in [3.05, 3.63) is 61.4 Å². The normalized spacial score (nSPS) is 15.0. The molecule has 0 amide bonds. The number of rotatable bonds is 2. The van der Waals surface area contributed by atoms with E-state index in [4.69, 9.17) is 4.74 Å². The first-order valence-corrected chi connectivity index (χ1v) is 8.33. The van der Waals surface area contributed by atoms with Gasteiger partial charge in [-0.2, -0.15) is 5.10 Å². The van der Waals surface area contributed by atoms with Gasteiger partial charge in [-0.05, 0) is 24.6 Å². The maximum absolute atomic E-state index is 13.0. The first-order chi connectivity index (χ1) is 12.8. The number of aromatic nitrogens is 4. The summed E-state index contributed by atoms with van der Waals surface area (Å²) in [5, 5.41) is 20.5. The van der Waals surface area contributed by atoms with Crippen molar-refractivity contribution in [3.8, 4) is 11.5 Å². The van der Waals surface area contributed by atoms with E-state index in [1.807, 2.05) is 6.92 Å². The third kappa shape index (κ3) is 2.28. The number of phenolic OH excluding ortho intramolecular Hbond substituents is 1. The van der Waals surface area contributed by atoms with E-state index in [2.05, 4.69) is 15.5 Å². The molecule has 1 unspecified atom stereocenters. The van der Waals surface area contributed by atoms with E-state index >= 15 is 0 Å². The molecular formula is C18H19N5O4. The van der Waals surface area contributed by atoms with E-state index < -0.39 is 17.2 Å². The summed E-state index contributed by atoms with van der Waals surface area (Å²) in [4.78, 5) is 25.4. The van der Waals surface area contributed by atoms with Gasteiger partial charge in [0.1, 0.15) is 5.82 Å². The molecule has 1 aliphatic heterocycles. The van der Waals surface area contributed by atoms with Crippen molar-refractivity contribution < 1.29 is 9.84 Å². The van der Waals surface area contributed by atoms with Gasteiger partial charge in [0.2, 0.25) is 0 Å². The van der Waals surface area contributed by atoms with Gasteiger partial charge in [0.25, 0.3) is 5.56 Å². The minimum absolute atomic E-state index is 0.0283. The van der Waals surface area contributed by atoms with Crippen LogP contribution in [0.5, 0.6) is 11.5 Å². The molecule has 1 aliphatic rings. The van der Waals surface area contributed by atoms with Crippen LogP contribution in [0.15, 0.2) is 27.8 Å². The molecule has 3 heterocycles. The Labute approximate surface area is 153 Å². The van der Waals surface area contributed by atoms with Crippen LogP contribution >= 0.6 is 0 Å². The maximum atomic E-state index is 13.0. The van der Waals surface area contributed by atoms with Gasteiger partial charge in [0.15, 0.2) is 17.3 Å². The first-order valence-electron chi connectivity index (χ1n) is 8.33. The van der Waals surface area contributed by atoms with Gasteiger partial charge in [0, 0.05) is 31.3 Å². The van der Waals surface area contributed by atoms with Gasteiger partial charge < -0.3 is 15.2 Å². The Morgan fingerprint density at radius 2 is 1.93 bits per heavy atom. The molecule has 0 fully saturated rings. The molecule has 1 aromatic carbocycles. The van der Waals surface area contributed by atoms with Gasteiger partial charge >= 0.3 is 5.69 Å². The monoisotopic (exact) mass is 369 g/mol. The number of aromatic amines is 1. The summed E-state index contributed by atoms with van der Waals surface area (Å²) >= 11 is 0. The number of aromatic hydroxyl groups is 1. The second kappa shape index (κ2) is 5.76. The summed E-state index contributed by atoms with van der Waals surface area (Å²) in [6.07, 6.45) is 0. The Bertz CT molecular complexity index is 1190. The molecule has 3 aromatic rings. The van der Waals surface area contributed by atoms with Crippen LogP contribution < -0.4 is 21.3 Å². The highest BCUT2D eigenvalue weighted by atomic mass is 16.5. The van der Waals surface area contributed by atoms with Crippen LogP contribution in [0.2, 0.25) is 0 Å². The standard InChI is InChI=1S/C18H19N5O4/c1-8-12-13(9-5-6-11(27-4)10(24)7-9)14-16(19-15(12)21-20-8)22(2)18(26)23(3)17(14)25/h5-7,13,24H,1-4H3,(H2,19,20,21). The Balaban J connectivity index is 2.08. The predicted octanol–water partition coefficient (Wildman–Crippen LogP) is 1.07. The zero-order valence-corrected chi connectivity index (χ0v) is 15.3. The summed E-state index contributed by atoms with van der Waals surface area (Å²) in [5.74, 6) is 0.744. The lowest BCUT2D eigenvalue weighted by Gasteiger charge is -2.28. The molecule has 140 valence electrons. The second-order valence-electron chi connectivity index (χ2n) is 6.57. The molecule has 9 heteroatoms. The molecule has 4 rings (SSSR count). The van der Waals surface area contributed by atoms with E-state index in [0.717, 1.165) is 15.8 Å². The third-order valence-corrected chi connectivity index (χ3v) is 5.04. The minimum atomic E-state index is -0.502. The van der Waals surface area contributed by atoms with Gasteiger partial charge in [-0.3, -0.25) is 19.0 Å². The van der Waals surface area contributed by atoms with Crippen molar-refractivity contribution in [2.75, 3.05) is 12.4 Å². The zero-order valence-electron chi connectivity index (χ0n) is 15.3. The van der Waals surface area contributed by atoms with Crippen molar-refractivity contribution in [2.24, 2.45) is 14.1 Å². The lowest BCUT2D eigenvalue weighted by Crippen LogP contribution is -2.42. The van der Waals surface area contributed by atoms with Crippen LogP contribution in [0.4, 0.5) is 11.6 Å². The summed E-state index contributed by atoms with van der Waals surface area (Å²) in [6, 6.07) is 5.01. The summed E-state index contributed by atoms with van der Waals surface area (Å²) in [7, 11) is 4.52. The number of nitrogens with one attached hydrogen (secondary N) is 2. The van der Waals surface area contributed by atoms with Crippen molar-refractivity contribution in [2.45, 2.75) is 12.8 Å². The SMILES string of the molecule is COc1ccc(C2c3c(n[nH]c3C)Nc3c2c(=O)n(C)c(=O)n3C)cc1O. The number of ether oxygens (including phenoxy) is 1. The highest BCUT2D eigenvalue weighted by molar-refractivity contribution is 5.72. The minimum Gasteiger partial charge on any atom is -0.504 e. The number of phenols is 1. The Kier molecular flexibility index (Phi) is 3.62. The Hall–Kier alpha value is -3.49. The molecular weight excluding hydrogens is 350 g/mol. The quantitative estimate of drug-likeness (QED) is 0.487. The van der Waals surface area contributed by atoms with Gasteiger partial charge in [-0.1, -0.05) is 6.07 Å². The van der Waals surface area contributed by atoms with Crippen LogP contribution in [0.25, 0.3) is 0 Å². The molecule has 3 N–H and O–H groups in total. The van der Waals surface area contributed by atoms with Crippen molar-refractivity contribution in [1.82, 2.24) is 19.3 Å². The van der Waals surface area contributed by atoms with Crippen molar-refractivity contribution in [3.63, 3.8) is 0 Å². The van der Waals surface area contributed by atoms with Crippen LogP contribution in [0.1, 0.15) is 28.3 Å². The fraction of sp³-hybridized carbons (Fsp3) is 0.278. The summed E-state index contributed by atoms with van der Waals surface area (Å²) in [5.41, 5.74) is 1.87. The number of fused-ring (bicyclic) bond motifs is 2. The summed E-state index contributed by atoms with van der Waals surface area (Å²) in [6.45, 7) is 1.86. The highest BCUT2D eigenvalue weighted by Crippen LogP contribution is 2.44. The number of benzene rings is 1. The number of hydrogen-bond donors (Lipinski definition) is 3. The van der Waals surface area contributed by atoms with Crippen LogP contribution in [0, 0.1) is 6.92 Å². The maximum Gasteiger partial charge on any atom is 0.332 e. The lowest BCUT2D eigenvalue weighted by atomic mass is 9.83. The number of H-pyrrole nitrogens is 1. The van der Waals surface area contributed by atoms with E-state index in [-0.39, 0.29) is 5.75 Å². The van der Waals surface area contributed by atoms with Gasteiger partial charge in [0.05, 0.1) is 12.7 Å². The molecule has 0 bridgehead atoms. The molecule has 0 saturated carbocycles. The summed E-state index contributed by atoms with van der Waals surface area (Å²) < 4.78 is 7.59. The van der Waals surface area contributed by atoms with Gasteiger partial charge in [-0.25, -0.2) is 4.79 Å². The first kappa shape index (κ1) is 17.0. The van der Waals surface area contributed by atoms with Crippen LogP contribution in [-0.2, 0) is 14.1 Å². The Morgan fingerprint density at radius 1 is 1.19 bits per heavy atom. The molecule has 0 radical (unpaired) electrons.